The van der Waals surface area contributed by atoms with Gasteiger partial charge in [-0.2, -0.15) is 5.01 Å². The Morgan fingerprint density at radius 3 is 2.04 bits per heavy atom. The zero-order chi connectivity index (χ0) is 20.1. The van der Waals surface area contributed by atoms with Crippen LogP contribution in [0.4, 0.5) is 15.3 Å². The first-order valence-corrected chi connectivity index (χ1v) is 8.41. The van der Waals surface area contributed by atoms with E-state index < -0.39 is 23.4 Å². The molecule has 146 valence electrons. The van der Waals surface area contributed by atoms with E-state index in [1.54, 1.807) is 53.7 Å². The normalized spacial score (nSPS) is 11.7. The summed E-state index contributed by atoms with van der Waals surface area (Å²) in [4.78, 5) is 24.9. The predicted octanol–water partition coefficient (Wildman–Crippen LogP) is 2.79. The van der Waals surface area contributed by atoms with Gasteiger partial charge >= 0.3 is 12.2 Å². The summed E-state index contributed by atoms with van der Waals surface area (Å²) in [5, 5.41) is 1.00. The van der Waals surface area contributed by atoms with Crippen LogP contribution in [0, 0.1) is 0 Å². The molecule has 26 heavy (non-hydrogen) atoms. The molecule has 0 heterocycles. The van der Waals surface area contributed by atoms with Crippen LogP contribution in [-0.4, -0.2) is 23.4 Å². The van der Waals surface area contributed by atoms with Crippen molar-refractivity contribution in [1.82, 2.24) is 5.43 Å². The smallest absolute Gasteiger partial charge is 0.434 e. The van der Waals surface area contributed by atoms with E-state index in [2.05, 4.69) is 5.43 Å². The fraction of sp³-hybridized carbons (Fsp3) is 0.556. The molecule has 0 aliphatic carbocycles. The largest absolute Gasteiger partial charge is 0.443 e. The number of hydrogen-bond acceptors (Lipinski definition) is 6. The van der Waals surface area contributed by atoms with Gasteiger partial charge in [0.25, 0.3) is 0 Å². The maximum Gasteiger partial charge on any atom is 0.434 e. The molecule has 1 aromatic carbocycles. The molecule has 0 radical (unpaired) electrons. The van der Waals surface area contributed by atoms with Gasteiger partial charge in [0, 0.05) is 13.1 Å². The van der Waals surface area contributed by atoms with Crippen molar-refractivity contribution in [3.63, 3.8) is 0 Å². The molecule has 0 fully saturated rings. The molecule has 0 unspecified atom stereocenters. The van der Waals surface area contributed by atoms with Crippen LogP contribution in [0.3, 0.4) is 0 Å². The van der Waals surface area contributed by atoms with Crippen molar-refractivity contribution < 1.29 is 19.1 Å². The second-order valence-electron chi connectivity index (χ2n) is 7.80. The van der Waals surface area contributed by atoms with Crippen LogP contribution >= 0.6 is 0 Å². The van der Waals surface area contributed by atoms with E-state index in [-0.39, 0.29) is 13.1 Å². The lowest BCUT2D eigenvalue weighted by Gasteiger charge is -2.30. The molecular weight excluding hydrogens is 336 g/mol. The number of carbonyl (C=O) groups is 2. The first kappa shape index (κ1) is 21.7. The van der Waals surface area contributed by atoms with Crippen LogP contribution in [0.15, 0.2) is 18.2 Å². The summed E-state index contributed by atoms with van der Waals surface area (Å²) in [6.45, 7) is 10.8. The minimum Gasteiger partial charge on any atom is -0.443 e. The summed E-state index contributed by atoms with van der Waals surface area (Å²) in [6.07, 6.45) is -1.54. The Bertz CT molecular complexity index is 648. The summed E-state index contributed by atoms with van der Waals surface area (Å²) in [7, 11) is 0. The van der Waals surface area contributed by atoms with Crippen LogP contribution in [0.2, 0.25) is 0 Å². The lowest BCUT2D eigenvalue weighted by atomic mass is 10.1. The molecule has 1 rings (SSSR count). The van der Waals surface area contributed by atoms with Gasteiger partial charge in [-0.05, 0) is 58.7 Å². The molecule has 0 spiro atoms. The van der Waals surface area contributed by atoms with E-state index in [9.17, 15) is 9.59 Å². The maximum atomic E-state index is 12.7. The Labute approximate surface area is 154 Å². The van der Waals surface area contributed by atoms with E-state index in [1.165, 1.54) is 0 Å². The quantitative estimate of drug-likeness (QED) is 0.708. The molecule has 0 bridgehead atoms. The van der Waals surface area contributed by atoms with Crippen molar-refractivity contribution in [3.8, 4) is 0 Å². The van der Waals surface area contributed by atoms with Crippen LogP contribution < -0.4 is 21.9 Å². The standard InChI is InChI=1S/C18H30N4O4/c1-17(2,3)25-15(23)21-22(16(24)26-18(4,5)6)14-9-12(10-19)7-8-13(14)11-20/h7-9H,10-11,19-20H2,1-6H3,(H,21,23). The van der Waals surface area contributed by atoms with Crippen LogP contribution in [0.5, 0.6) is 0 Å². The van der Waals surface area contributed by atoms with Crippen LogP contribution in [0.1, 0.15) is 52.7 Å². The van der Waals surface area contributed by atoms with Crippen LogP contribution in [0.25, 0.3) is 0 Å². The summed E-state index contributed by atoms with van der Waals surface area (Å²) >= 11 is 0. The lowest BCUT2D eigenvalue weighted by molar-refractivity contribution is 0.0425. The molecule has 0 aliphatic rings. The lowest BCUT2D eigenvalue weighted by Crippen LogP contribution is -2.50. The van der Waals surface area contributed by atoms with Crippen molar-refractivity contribution >= 4 is 17.9 Å². The van der Waals surface area contributed by atoms with E-state index in [0.717, 1.165) is 10.6 Å². The molecule has 0 atom stereocenters. The van der Waals surface area contributed by atoms with Gasteiger partial charge in [-0.25, -0.2) is 15.0 Å². The molecule has 5 N–H and O–H groups in total. The third-order valence-electron chi connectivity index (χ3n) is 3.02. The second kappa shape index (κ2) is 8.37. The summed E-state index contributed by atoms with van der Waals surface area (Å²) in [6, 6.07) is 5.25. The zero-order valence-electron chi connectivity index (χ0n) is 16.4. The SMILES string of the molecule is CC(C)(C)OC(=O)NN(C(=O)OC(C)(C)C)c1cc(CN)ccc1CN. The highest BCUT2D eigenvalue weighted by Crippen LogP contribution is 2.23. The van der Waals surface area contributed by atoms with Crippen molar-refractivity contribution in [2.45, 2.75) is 65.8 Å². The van der Waals surface area contributed by atoms with Gasteiger partial charge in [0.2, 0.25) is 0 Å². The van der Waals surface area contributed by atoms with Crippen LogP contribution in [-0.2, 0) is 22.6 Å². The monoisotopic (exact) mass is 366 g/mol. The number of nitrogens with zero attached hydrogens (tertiary/aromatic N) is 1. The number of rotatable bonds is 3. The first-order chi connectivity index (χ1) is 11.9. The van der Waals surface area contributed by atoms with Gasteiger partial charge in [-0.15, -0.1) is 0 Å². The van der Waals surface area contributed by atoms with Gasteiger partial charge in [-0.1, -0.05) is 12.1 Å². The van der Waals surface area contributed by atoms with Crippen molar-refractivity contribution in [1.29, 1.82) is 0 Å². The molecule has 0 saturated heterocycles. The van der Waals surface area contributed by atoms with E-state index >= 15 is 0 Å². The summed E-state index contributed by atoms with van der Waals surface area (Å²) in [5.41, 5.74) is 14.2. The van der Waals surface area contributed by atoms with Crippen molar-refractivity contribution in [3.05, 3.63) is 29.3 Å². The zero-order valence-corrected chi connectivity index (χ0v) is 16.4. The Morgan fingerprint density at radius 2 is 1.58 bits per heavy atom. The highest BCUT2D eigenvalue weighted by molar-refractivity contribution is 5.91. The molecule has 1 aromatic rings. The third kappa shape index (κ3) is 6.89. The second-order valence-corrected chi connectivity index (χ2v) is 7.80. The fourth-order valence-corrected chi connectivity index (χ4v) is 2.02. The number of nitrogens with two attached hydrogens (primary N) is 2. The van der Waals surface area contributed by atoms with Crippen molar-refractivity contribution in [2.24, 2.45) is 11.5 Å². The molecule has 8 nitrogen and oxygen atoms in total. The third-order valence-corrected chi connectivity index (χ3v) is 3.02. The number of benzene rings is 1. The number of ether oxygens (including phenoxy) is 2. The average Bonchev–Trinajstić information content (AvgIpc) is 2.48. The van der Waals surface area contributed by atoms with E-state index in [1.807, 2.05) is 6.07 Å². The van der Waals surface area contributed by atoms with Gasteiger partial charge in [0.1, 0.15) is 11.2 Å². The molecular formula is C18H30N4O4. The highest BCUT2D eigenvalue weighted by Gasteiger charge is 2.28. The van der Waals surface area contributed by atoms with Gasteiger partial charge in [0.15, 0.2) is 0 Å². The molecule has 0 saturated carbocycles. The number of carbonyl (C=O) groups excluding carboxylic acids is 2. The average molecular weight is 366 g/mol. The molecule has 0 aliphatic heterocycles. The Balaban J connectivity index is 3.27. The number of nitrogens with one attached hydrogen (secondary N) is 1. The topological polar surface area (TPSA) is 120 Å². The Hall–Kier alpha value is -2.32. The summed E-state index contributed by atoms with van der Waals surface area (Å²) < 4.78 is 10.6. The van der Waals surface area contributed by atoms with Crippen molar-refractivity contribution in [2.75, 3.05) is 5.01 Å². The van der Waals surface area contributed by atoms with Gasteiger partial charge in [-0.3, -0.25) is 0 Å². The van der Waals surface area contributed by atoms with E-state index in [0.29, 0.717) is 11.3 Å². The van der Waals surface area contributed by atoms with E-state index in [4.69, 9.17) is 20.9 Å². The van der Waals surface area contributed by atoms with Gasteiger partial charge < -0.3 is 20.9 Å². The van der Waals surface area contributed by atoms with Gasteiger partial charge in [0.05, 0.1) is 5.69 Å². The first-order valence-electron chi connectivity index (χ1n) is 8.41. The number of hydrazine groups is 1. The number of anilines is 1. The summed E-state index contributed by atoms with van der Waals surface area (Å²) in [5.74, 6) is 0. The fourth-order valence-electron chi connectivity index (χ4n) is 2.02. The molecule has 8 heteroatoms. The number of amides is 2. The highest BCUT2D eigenvalue weighted by atomic mass is 16.6. The Kier molecular flexibility index (Phi) is 7.00. The molecule has 0 aromatic heterocycles. The minimum absolute atomic E-state index is 0.162. The maximum absolute atomic E-state index is 12.7. The minimum atomic E-state index is -0.788. The Morgan fingerprint density at radius 1 is 1.00 bits per heavy atom. The predicted molar refractivity (Wildman–Crippen MR) is 100 cm³/mol. The number of hydrogen-bond donors (Lipinski definition) is 3. The molecule has 2 amide bonds.